The molecule has 0 spiro atoms. The van der Waals surface area contributed by atoms with Gasteiger partial charge in [-0.15, -0.1) is 0 Å². The van der Waals surface area contributed by atoms with E-state index in [0.29, 0.717) is 11.4 Å². The Bertz CT molecular complexity index is 469. The zero-order chi connectivity index (χ0) is 14.6. The lowest BCUT2D eigenvalue weighted by molar-refractivity contribution is -0.131. The van der Waals surface area contributed by atoms with E-state index in [1.54, 1.807) is 0 Å². The molecule has 4 heteroatoms. The molecule has 1 amide bonds. The number of rotatable bonds is 4. The van der Waals surface area contributed by atoms with Gasteiger partial charge in [0.1, 0.15) is 0 Å². The molecular weight excluding hydrogens is 274 g/mol. The van der Waals surface area contributed by atoms with Crippen LogP contribution in [0.15, 0.2) is 24.3 Å². The Balaban J connectivity index is 1.93. The van der Waals surface area contributed by atoms with Gasteiger partial charge in [0.2, 0.25) is 5.91 Å². The van der Waals surface area contributed by atoms with E-state index in [0.717, 1.165) is 38.2 Å². The first-order valence-corrected chi connectivity index (χ1v) is 7.43. The molecule has 1 saturated heterocycles. The van der Waals surface area contributed by atoms with Gasteiger partial charge in [0, 0.05) is 31.8 Å². The molecule has 0 atom stereocenters. The maximum atomic E-state index is 12.3. The van der Waals surface area contributed by atoms with Crippen LogP contribution in [0.4, 0.5) is 0 Å². The van der Waals surface area contributed by atoms with E-state index in [1.165, 1.54) is 0 Å². The van der Waals surface area contributed by atoms with Crippen molar-refractivity contribution in [1.29, 1.82) is 0 Å². The molecule has 1 aliphatic rings. The zero-order valence-corrected chi connectivity index (χ0v) is 12.9. The first-order chi connectivity index (χ1) is 9.50. The van der Waals surface area contributed by atoms with Crippen molar-refractivity contribution in [2.75, 3.05) is 26.8 Å². The van der Waals surface area contributed by atoms with Gasteiger partial charge in [-0.1, -0.05) is 36.7 Å². The molecule has 0 radical (unpaired) electrons. The second kappa shape index (κ2) is 6.59. The summed E-state index contributed by atoms with van der Waals surface area (Å²) < 4.78 is 5.40. The van der Waals surface area contributed by atoms with Gasteiger partial charge >= 0.3 is 0 Å². The van der Waals surface area contributed by atoms with E-state index >= 15 is 0 Å². The summed E-state index contributed by atoms with van der Waals surface area (Å²) in [6.07, 6.45) is 2.39. The van der Waals surface area contributed by atoms with Gasteiger partial charge in [-0.05, 0) is 29.9 Å². The van der Waals surface area contributed by atoms with Gasteiger partial charge in [0.05, 0.1) is 6.42 Å². The second-order valence-corrected chi connectivity index (χ2v) is 6.35. The molecule has 3 nitrogen and oxygen atoms in total. The van der Waals surface area contributed by atoms with Gasteiger partial charge < -0.3 is 9.64 Å². The van der Waals surface area contributed by atoms with Gasteiger partial charge in [0.15, 0.2) is 0 Å². The van der Waals surface area contributed by atoms with Crippen molar-refractivity contribution in [2.24, 2.45) is 5.41 Å². The predicted octanol–water partition coefficient (Wildman–Crippen LogP) is 3.16. The predicted molar refractivity (Wildman–Crippen MR) is 81.0 cm³/mol. The van der Waals surface area contributed by atoms with Gasteiger partial charge in [0.25, 0.3) is 0 Å². The van der Waals surface area contributed by atoms with Crippen LogP contribution in [-0.2, 0) is 16.0 Å². The molecule has 1 aromatic rings. The lowest BCUT2D eigenvalue weighted by atomic mass is 9.82. The molecule has 1 heterocycles. The SMILES string of the molecule is CN(CC1(C)CCOCC1)C(=O)Cc1ccccc1Cl. The maximum absolute atomic E-state index is 12.3. The lowest BCUT2D eigenvalue weighted by Crippen LogP contribution is -2.41. The van der Waals surface area contributed by atoms with Crippen LogP contribution < -0.4 is 0 Å². The third-order valence-electron chi connectivity index (χ3n) is 4.04. The molecule has 1 fully saturated rings. The van der Waals surface area contributed by atoms with Gasteiger partial charge in [-0.2, -0.15) is 0 Å². The number of hydrogen-bond donors (Lipinski definition) is 0. The molecule has 2 rings (SSSR count). The Labute approximate surface area is 125 Å². The Morgan fingerprint density at radius 2 is 2.00 bits per heavy atom. The molecular formula is C16H22ClNO2. The molecule has 0 aromatic heterocycles. The van der Waals surface area contributed by atoms with Gasteiger partial charge in [-0.3, -0.25) is 4.79 Å². The molecule has 1 aliphatic heterocycles. The van der Waals surface area contributed by atoms with Crippen LogP contribution in [0, 0.1) is 5.41 Å². The van der Waals surface area contributed by atoms with E-state index in [1.807, 2.05) is 36.2 Å². The largest absolute Gasteiger partial charge is 0.381 e. The van der Waals surface area contributed by atoms with Crippen LogP contribution in [0.5, 0.6) is 0 Å². The number of hydrogen-bond acceptors (Lipinski definition) is 2. The molecule has 0 unspecified atom stereocenters. The highest BCUT2D eigenvalue weighted by atomic mass is 35.5. The average molecular weight is 296 g/mol. The fourth-order valence-corrected chi connectivity index (χ4v) is 2.83. The normalized spacial score (nSPS) is 17.8. The third kappa shape index (κ3) is 3.97. The van der Waals surface area contributed by atoms with Crippen molar-refractivity contribution in [3.63, 3.8) is 0 Å². The van der Waals surface area contributed by atoms with Crippen LogP contribution in [0.3, 0.4) is 0 Å². The lowest BCUT2D eigenvalue weighted by Gasteiger charge is -2.36. The highest BCUT2D eigenvalue weighted by Gasteiger charge is 2.30. The number of carbonyl (C=O) groups is 1. The number of halogens is 1. The molecule has 110 valence electrons. The Morgan fingerprint density at radius 3 is 2.65 bits per heavy atom. The van der Waals surface area contributed by atoms with E-state index in [-0.39, 0.29) is 11.3 Å². The molecule has 0 saturated carbocycles. The van der Waals surface area contributed by atoms with E-state index in [2.05, 4.69) is 6.92 Å². The number of likely N-dealkylation sites (N-methyl/N-ethyl adjacent to an activating group) is 1. The number of nitrogens with zero attached hydrogens (tertiary/aromatic N) is 1. The van der Waals surface area contributed by atoms with Crippen LogP contribution in [-0.4, -0.2) is 37.6 Å². The maximum Gasteiger partial charge on any atom is 0.226 e. The summed E-state index contributed by atoms with van der Waals surface area (Å²) in [6, 6.07) is 7.52. The monoisotopic (exact) mass is 295 g/mol. The minimum atomic E-state index is 0.116. The van der Waals surface area contributed by atoms with Crippen LogP contribution in [0.1, 0.15) is 25.3 Å². The minimum Gasteiger partial charge on any atom is -0.381 e. The number of carbonyl (C=O) groups excluding carboxylic acids is 1. The van der Waals surface area contributed by atoms with Crippen molar-refractivity contribution in [3.05, 3.63) is 34.9 Å². The molecule has 0 aliphatic carbocycles. The van der Waals surface area contributed by atoms with E-state index in [9.17, 15) is 4.79 Å². The van der Waals surface area contributed by atoms with Crippen LogP contribution in [0.25, 0.3) is 0 Å². The molecule has 0 N–H and O–H groups in total. The second-order valence-electron chi connectivity index (χ2n) is 5.94. The highest BCUT2D eigenvalue weighted by Crippen LogP contribution is 2.30. The summed E-state index contributed by atoms with van der Waals surface area (Å²) in [6.45, 7) is 4.60. The summed E-state index contributed by atoms with van der Waals surface area (Å²) >= 11 is 6.10. The summed E-state index contributed by atoms with van der Waals surface area (Å²) in [5.41, 5.74) is 1.06. The summed E-state index contributed by atoms with van der Waals surface area (Å²) in [7, 11) is 1.87. The van der Waals surface area contributed by atoms with Crippen molar-refractivity contribution in [2.45, 2.75) is 26.2 Å². The van der Waals surface area contributed by atoms with Crippen LogP contribution in [0.2, 0.25) is 5.02 Å². The minimum absolute atomic E-state index is 0.116. The van der Waals surface area contributed by atoms with Gasteiger partial charge in [-0.25, -0.2) is 0 Å². The highest BCUT2D eigenvalue weighted by molar-refractivity contribution is 6.31. The summed E-state index contributed by atoms with van der Waals surface area (Å²) in [5.74, 6) is 0.116. The average Bonchev–Trinajstić information content (AvgIpc) is 2.41. The molecule has 1 aromatic carbocycles. The van der Waals surface area contributed by atoms with Crippen LogP contribution >= 0.6 is 11.6 Å². The molecule has 20 heavy (non-hydrogen) atoms. The van der Waals surface area contributed by atoms with Crippen molar-refractivity contribution in [1.82, 2.24) is 4.90 Å². The standard InChI is InChI=1S/C16H22ClNO2/c1-16(7-9-20-10-8-16)12-18(2)15(19)11-13-5-3-4-6-14(13)17/h3-6H,7-12H2,1-2H3. The van der Waals surface area contributed by atoms with E-state index in [4.69, 9.17) is 16.3 Å². The number of ether oxygens (including phenoxy) is 1. The quantitative estimate of drug-likeness (QED) is 0.854. The fourth-order valence-electron chi connectivity index (χ4n) is 2.62. The number of benzene rings is 1. The Hall–Kier alpha value is -1.06. The topological polar surface area (TPSA) is 29.5 Å². The first-order valence-electron chi connectivity index (χ1n) is 7.05. The Morgan fingerprint density at radius 1 is 1.35 bits per heavy atom. The van der Waals surface area contributed by atoms with Crippen molar-refractivity contribution >= 4 is 17.5 Å². The first kappa shape index (κ1) is 15.3. The summed E-state index contributed by atoms with van der Waals surface area (Å²) in [4.78, 5) is 14.1. The third-order valence-corrected chi connectivity index (χ3v) is 4.41. The summed E-state index contributed by atoms with van der Waals surface area (Å²) in [5, 5.41) is 0.659. The van der Waals surface area contributed by atoms with Crippen molar-refractivity contribution in [3.8, 4) is 0 Å². The van der Waals surface area contributed by atoms with E-state index < -0.39 is 0 Å². The zero-order valence-electron chi connectivity index (χ0n) is 12.2. The fraction of sp³-hybridized carbons (Fsp3) is 0.562. The smallest absolute Gasteiger partial charge is 0.226 e. The Kier molecular flexibility index (Phi) is 5.06. The number of amides is 1. The van der Waals surface area contributed by atoms with Crippen molar-refractivity contribution < 1.29 is 9.53 Å². The molecule has 0 bridgehead atoms.